The van der Waals surface area contributed by atoms with Gasteiger partial charge in [0.25, 0.3) is 5.91 Å². The zero-order valence-electron chi connectivity index (χ0n) is 15.3. The first kappa shape index (κ1) is 19.2. The summed E-state index contributed by atoms with van der Waals surface area (Å²) < 4.78 is 5.51. The lowest BCUT2D eigenvalue weighted by Gasteiger charge is -2.32. The van der Waals surface area contributed by atoms with E-state index < -0.39 is 5.97 Å². The van der Waals surface area contributed by atoms with Crippen molar-refractivity contribution in [2.75, 3.05) is 19.7 Å². The molecule has 1 saturated heterocycles. The van der Waals surface area contributed by atoms with Gasteiger partial charge in [-0.1, -0.05) is 18.2 Å². The van der Waals surface area contributed by atoms with E-state index in [0.29, 0.717) is 38.1 Å². The maximum Gasteiger partial charge on any atom is 0.306 e. The van der Waals surface area contributed by atoms with Gasteiger partial charge < -0.3 is 20.1 Å². The molecule has 3 rings (SSSR count). The normalized spacial score (nSPS) is 25.0. The maximum absolute atomic E-state index is 12.6. The molecule has 0 bridgehead atoms. The largest absolute Gasteiger partial charge is 0.484 e. The third-order valence-electron chi connectivity index (χ3n) is 5.38. The van der Waals surface area contributed by atoms with E-state index in [1.165, 1.54) is 0 Å². The molecule has 7 heteroatoms. The second-order valence-corrected chi connectivity index (χ2v) is 7.33. The van der Waals surface area contributed by atoms with E-state index in [1.807, 2.05) is 18.2 Å². The molecule has 1 aromatic rings. The molecule has 7 nitrogen and oxygen atoms in total. The number of aliphatic carboxylic acids is 1. The van der Waals surface area contributed by atoms with Gasteiger partial charge in [0, 0.05) is 19.1 Å². The minimum absolute atomic E-state index is 0.0404. The van der Waals surface area contributed by atoms with Gasteiger partial charge in [0.05, 0.1) is 11.8 Å². The fourth-order valence-corrected chi connectivity index (χ4v) is 3.83. The Morgan fingerprint density at radius 3 is 2.59 bits per heavy atom. The van der Waals surface area contributed by atoms with Gasteiger partial charge >= 0.3 is 5.97 Å². The summed E-state index contributed by atoms with van der Waals surface area (Å²) in [6.07, 6.45) is 3.30. The number of hydrogen-bond donors (Lipinski definition) is 2. The number of ether oxygens (including phenoxy) is 1. The smallest absolute Gasteiger partial charge is 0.306 e. The number of piperidine rings is 1. The molecule has 1 unspecified atom stereocenters. The SMILES string of the molecule is O=C(N[C@H]1CC[C@@H](C(=O)O)C1)C1CCCN(C(=O)COc2ccccc2)C1. The van der Waals surface area contributed by atoms with Crippen LogP contribution in [0.4, 0.5) is 0 Å². The minimum Gasteiger partial charge on any atom is -0.484 e. The van der Waals surface area contributed by atoms with Gasteiger partial charge in [0.15, 0.2) is 6.61 Å². The Kier molecular flexibility index (Phi) is 6.32. The van der Waals surface area contributed by atoms with Crippen molar-refractivity contribution in [1.82, 2.24) is 10.2 Å². The number of carbonyl (C=O) groups is 3. The predicted octanol–water partition coefficient (Wildman–Crippen LogP) is 1.67. The van der Waals surface area contributed by atoms with Gasteiger partial charge in [0.1, 0.15) is 5.75 Å². The second kappa shape index (κ2) is 8.88. The van der Waals surface area contributed by atoms with Crippen molar-refractivity contribution in [2.24, 2.45) is 11.8 Å². The molecule has 146 valence electrons. The number of carbonyl (C=O) groups excluding carboxylic acids is 2. The van der Waals surface area contributed by atoms with Crippen LogP contribution >= 0.6 is 0 Å². The average molecular weight is 374 g/mol. The first-order chi connectivity index (χ1) is 13.0. The lowest BCUT2D eigenvalue weighted by Crippen LogP contribution is -2.48. The molecule has 0 aromatic heterocycles. The molecule has 1 aromatic carbocycles. The predicted molar refractivity (Wildman–Crippen MR) is 98.1 cm³/mol. The van der Waals surface area contributed by atoms with Crippen LogP contribution in [0.15, 0.2) is 30.3 Å². The number of nitrogens with zero attached hydrogens (tertiary/aromatic N) is 1. The first-order valence-corrected chi connectivity index (χ1v) is 9.51. The van der Waals surface area contributed by atoms with Crippen molar-refractivity contribution in [3.63, 3.8) is 0 Å². The molecular formula is C20H26N2O5. The standard InChI is InChI=1S/C20H26N2O5/c23-18(13-27-17-6-2-1-3-7-17)22-10-4-5-15(12-22)19(24)21-16-9-8-14(11-16)20(25)26/h1-3,6-7,14-16H,4-5,8-13H2,(H,21,24)(H,25,26)/t14-,15?,16+/m1/s1. The lowest BCUT2D eigenvalue weighted by atomic mass is 9.96. The summed E-state index contributed by atoms with van der Waals surface area (Å²) in [4.78, 5) is 37.7. The number of hydrogen-bond acceptors (Lipinski definition) is 4. The van der Waals surface area contributed by atoms with E-state index in [0.717, 1.165) is 12.8 Å². The lowest BCUT2D eigenvalue weighted by molar-refractivity contribution is -0.142. The van der Waals surface area contributed by atoms with Gasteiger partial charge in [0.2, 0.25) is 5.91 Å². The van der Waals surface area contributed by atoms with Gasteiger partial charge in [-0.3, -0.25) is 14.4 Å². The van der Waals surface area contributed by atoms with E-state index in [-0.39, 0.29) is 36.3 Å². The van der Waals surface area contributed by atoms with Gasteiger partial charge in [-0.05, 0) is 44.2 Å². The molecule has 1 aliphatic carbocycles. The molecule has 2 amide bonds. The Hall–Kier alpha value is -2.57. The fraction of sp³-hybridized carbons (Fsp3) is 0.550. The Labute approximate surface area is 158 Å². The summed E-state index contributed by atoms with van der Waals surface area (Å²) in [7, 11) is 0. The van der Waals surface area contributed by atoms with E-state index in [4.69, 9.17) is 9.84 Å². The van der Waals surface area contributed by atoms with Gasteiger partial charge in [-0.2, -0.15) is 0 Å². The Morgan fingerprint density at radius 1 is 1.11 bits per heavy atom. The summed E-state index contributed by atoms with van der Waals surface area (Å²) in [5, 5.41) is 12.1. The molecule has 2 N–H and O–H groups in total. The topological polar surface area (TPSA) is 95.9 Å². The molecule has 1 aliphatic heterocycles. The number of para-hydroxylation sites is 1. The summed E-state index contributed by atoms with van der Waals surface area (Å²) in [6, 6.07) is 9.09. The molecule has 27 heavy (non-hydrogen) atoms. The van der Waals surface area contributed by atoms with Crippen LogP contribution in [0.3, 0.4) is 0 Å². The number of carboxylic acid groups (broad SMARTS) is 1. The summed E-state index contributed by atoms with van der Waals surface area (Å²) in [6.45, 7) is 0.977. The molecule has 2 aliphatic rings. The van der Waals surface area contributed by atoms with Crippen molar-refractivity contribution >= 4 is 17.8 Å². The van der Waals surface area contributed by atoms with E-state index in [2.05, 4.69) is 5.32 Å². The van der Waals surface area contributed by atoms with Gasteiger partial charge in [-0.25, -0.2) is 0 Å². The number of benzene rings is 1. The molecule has 3 atom stereocenters. The van der Waals surface area contributed by atoms with E-state index in [9.17, 15) is 14.4 Å². The van der Waals surface area contributed by atoms with E-state index in [1.54, 1.807) is 17.0 Å². The molecule has 1 heterocycles. The third-order valence-corrected chi connectivity index (χ3v) is 5.38. The average Bonchev–Trinajstić information content (AvgIpc) is 3.16. The monoisotopic (exact) mass is 374 g/mol. The third kappa shape index (κ3) is 5.21. The zero-order chi connectivity index (χ0) is 19.2. The first-order valence-electron chi connectivity index (χ1n) is 9.51. The second-order valence-electron chi connectivity index (χ2n) is 7.33. The van der Waals surface area contributed by atoms with Crippen molar-refractivity contribution < 1.29 is 24.2 Å². The quantitative estimate of drug-likeness (QED) is 0.790. The Balaban J connectivity index is 1.46. The van der Waals surface area contributed by atoms with Crippen molar-refractivity contribution in [1.29, 1.82) is 0 Å². The van der Waals surface area contributed by atoms with Gasteiger partial charge in [-0.15, -0.1) is 0 Å². The molecule has 0 spiro atoms. The number of likely N-dealkylation sites (tertiary alicyclic amines) is 1. The van der Waals surface area contributed by atoms with Crippen molar-refractivity contribution in [2.45, 2.75) is 38.1 Å². The molecule has 0 radical (unpaired) electrons. The van der Waals surface area contributed by atoms with Crippen LogP contribution in [0, 0.1) is 11.8 Å². The Bertz CT molecular complexity index is 678. The number of rotatable bonds is 6. The van der Waals surface area contributed by atoms with Crippen LogP contribution in [0.1, 0.15) is 32.1 Å². The van der Waals surface area contributed by atoms with Crippen LogP contribution in [-0.2, 0) is 14.4 Å². The highest BCUT2D eigenvalue weighted by molar-refractivity contribution is 5.82. The summed E-state index contributed by atoms with van der Waals surface area (Å²) >= 11 is 0. The molecule has 1 saturated carbocycles. The summed E-state index contributed by atoms with van der Waals surface area (Å²) in [5.74, 6) is -0.958. The number of nitrogens with one attached hydrogen (secondary N) is 1. The molecular weight excluding hydrogens is 348 g/mol. The zero-order valence-corrected chi connectivity index (χ0v) is 15.3. The van der Waals surface area contributed by atoms with Crippen molar-refractivity contribution in [3.8, 4) is 5.75 Å². The van der Waals surface area contributed by atoms with Crippen LogP contribution in [0.5, 0.6) is 5.75 Å². The maximum atomic E-state index is 12.6. The minimum atomic E-state index is -0.792. The number of carboxylic acids is 1. The van der Waals surface area contributed by atoms with E-state index >= 15 is 0 Å². The van der Waals surface area contributed by atoms with Crippen LogP contribution in [0.25, 0.3) is 0 Å². The fourth-order valence-electron chi connectivity index (χ4n) is 3.83. The van der Waals surface area contributed by atoms with Crippen LogP contribution < -0.4 is 10.1 Å². The number of amides is 2. The highest BCUT2D eigenvalue weighted by atomic mass is 16.5. The highest BCUT2D eigenvalue weighted by Gasteiger charge is 2.34. The summed E-state index contributed by atoms with van der Waals surface area (Å²) in [5.41, 5.74) is 0. The molecule has 2 fully saturated rings. The van der Waals surface area contributed by atoms with Crippen molar-refractivity contribution in [3.05, 3.63) is 30.3 Å². The highest BCUT2D eigenvalue weighted by Crippen LogP contribution is 2.26. The Morgan fingerprint density at radius 2 is 1.89 bits per heavy atom. The van der Waals surface area contributed by atoms with Crippen LogP contribution in [-0.4, -0.2) is 53.5 Å². The van der Waals surface area contributed by atoms with Crippen LogP contribution in [0.2, 0.25) is 0 Å².